The summed E-state index contributed by atoms with van der Waals surface area (Å²) in [6.07, 6.45) is 2.71. The number of aromatic hydroxyl groups is 1. The molecule has 148 valence electrons. The number of aryl methyl sites for hydroxylation is 1. The lowest BCUT2D eigenvalue weighted by Crippen LogP contribution is -2.26. The van der Waals surface area contributed by atoms with Crippen molar-refractivity contribution < 1.29 is 13.5 Å². The van der Waals surface area contributed by atoms with Crippen LogP contribution in [0.5, 0.6) is 5.75 Å². The number of nitrogens with zero attached hydrogens (tertiary/aromatic N) is 1. The van der Waals surface area contributed by atoms with Gasteiger partial charge in [-0.3, -0.25) is 0 Å². The van der Waals surface area contributed by atoms with Gasteiger partial charge in [-0.25, -0.2) is 13.1 Å². The molecule has 0 amide bonds. The number of allylic oxidation sites excluding steroid dienone is 1. The molecule has 0 aliphatic carbocycles. The summed E-state index contributed by atoms with van der Waals surface area (Å²) >= 11 is 0. The van der Waals surface area contributed by atoms with Gasteiger partial charge in [0.25, 0.3) is 10.0 Å². The molecule has 0 radical (unpaired) electrons. The molecule has 2 N–H and O–H groups in total. The summed E-state index contributed by atoms with van der Waals surface area (Å²) < 4.78 is 27.4. The van der Waals surface area contributed by atoms with Crippen LogP contribution in [-0.2, 0) is 21.9 Å². The summed E-state index contributed by atoms with van der Waals surface area (Å²) in [5.41, 5.74) is 2.06. The number of hydrogen-bond donors (Lipinski definition) is 2. The monoisotopic (exact) mass is 398 g/mol. The number of hydrogen-bond acceptors (Lipinski definition) is 4. The Balaban J connectivity index is 2.11. The number of phenols is 1. The van der Waals surface area contributed by atoms with Gasteiger partial charge in [0.1, 0.15) is 11.8 Å². The zero-order chi connectivity index (χ0) is 20.8. The molecule has 0 aliphatic rings. The summed E-state index contributed by atoms with van der Waals surface area (Å²) in [7, 11) is -3.90. The Morgan fingerprint density at radius 1 is 1.18 bits per heavy atom. The van der Waals surface area contributed by atoms with Crippen molar-refractivity contribution in [2.45, 2.75) is 39.0 Å². The number of rotatable bonds is 7. The summed E-state index contributed by atoms with van der Waals surface area (Å²) in [6.45, 7) is 6.10. The first kappa shape index (κ1) is 21.7. The molecule has 0 fully saturated rings. The fourth-order valence-corrected chi connectivity index (χ4v) is 3.77. The second kappa shape index (κ2) is 9.05. The molecule has 28 heavy (non-hydrogen) atoms. The fraction of sp³-hybridized carbons (Fsp3) is 0.318. The first-order valence-corrected chi connectivity index (χ1v) is 10.6. The van der Waals surface area contributed by atoms with Crippen LogP contribution in [0.15, 0.2) is 53.4 Å². The second-order valence-corrected chi connectivity index (χ2v) is 9.37. The van der Waals surface area contributed by atoms with Crippen molar-refractivity contribution in [2.75, 3.05) is 6.54 Å². The number of phenolic OH excluding ortho intramolecular Hbond substituents is 1. The highest BCUT2D eigenvalue weighted by Crippen LogP contribution is 2.31. The molecule has 0 heterocycles. The van der Waals surface area contributed by atoms with E-state index in [-0.39, 0.29) is 22.6 Å². The summed E-state index contributed by atoms with van der Waals surface area (Å²) in [5.74, 6) is 0.144. The molecular weight excluding hydrogens is 372 g/mol. The van der Waals surface area contributed by atoms with E-state index in [4.69, 9.17) is 0 Å². The normalized spacial score (nSPS) is 12.6. The molecule has 0 saturated heterocycles. The predicted molar refractivity (Wildman–Crippen MR) is 112 cm³/mol. The van der Waals surface area contributed by atoms with Crippen molar-refractivity contribution in [1.29, 1.82) is 5.26 Å². The third-order valence-corrected chi connectivity index (χ3v) is 5.68. The first-order chi connectivity index (χ1) is 13.1. The van der Waals surface area contributed by atoms with E-state index in [1.807, 2.05) is 51.1 Å². The van der Waals surface area contributed by atoms with Gasteiger partial charge in [-0.15, -0.1) is 0 Å². The Morgan fingerprint density at radius 2 is 1.86 bits per heavy atom. The van der Waals surface area contributed by atoms with Crippen molar-refractivity contribution in [3.8, 4) is 11.8 Å². The zero-order valence-electron chi connectivity index (χ0n) is 16.4. The van der Waals surface area contributed by atoms with E-state index in [0.717, 1.165) is 12.0 Å². The van der Waals surface area contributed by atoms with E-state index < -0.39 is 10.0 Å². The van der Waals surface area contributed by atoms with Crippen LogP contribution in [0.3, 0.4) is 0 Å². The Labute approximate surface area is 167 Å². The molecule has 0 aliphatic heterocycles. The van der Waals surface area contributed by atoms with Crippen molar-refractivity contribution in [2.24, 2.45) is 0 Å². The Bertz CT molecular complexity index is 983. The average Bonchev–Trinajstić information content (AvgIpc) is 2.64. The maximum atomic E-state index is 12.5. The summed E-state index contributed by atoms with van der Waals surface area (Å²) in [6, 6.07) is 16.4. The minimum atomic E-state index is -3.90. The smallest absolute Gasteiger partial charge is 0.250 e. The highest BCUT2D eigenvalue weighted by atomic mass is 32.2. The minimum absolute atomic E-state index is 0.144. The lowest BCUT2D eigenvalue weighted by Gasteiger charge is -2.20. The quantitative estimate of drug-likeness (QED) is 0.542. The van der Waals surface area contributed by atoms with Crippen LogP contribution >= 0.6 is 0 Å². The highest BCUT2D eigenvalue weighted by molar-refractivity contribution is 7.93. The molecule has 6 heteroatoms. The predicted octanol–water partition coefficient (Wildman–Crippen LogP) is 4.11. The van der Waals surface area contributed by atoms with Gasteiger partial charge in [0.05, 0.1) is 0 Å². The van der Waals surface area contributed by atoms with E-state index >= 15 is 0 Å². The van der Waals surface area contributed by atoms with Gasteiger partial charge in [0.2, 0.25) is 0 Å². The average molecular weight is 399 g/mol. The zero-order valence-corrected chi connectivity index (χ0v) is 17.3. The molecule has 2 aromatic rings. The van der Waals surface area contributed by atoms with Crippen LogP contribution in [0.1, 0.15) is 43.9 Å². The van der Waals surface area contributed by atoms with Gasteiger partial charge >= 0.3 is 0 Å². The van der Waals surface area contributed by atoms with Crippen LogP contribution in [0.2, 0.25) is 0 Å². The van der Waals surface area contributed by atoms with Gasteiger partial charge in [-0.05, 0) is 53.2 Å². The van der Waals surface area contributed by atoms with Crippen molar-refractivity contribution in [3.05, 3.63) is 70.1 Å². The van der Waals surface area contributed by atoms with E-state index in [2.05, 4.69) is 4.72 Å². The molecule has 0 saturated carbocycles. The van der Waals surface area contributed by atoms with Crippen LogP contribution in [0.4, 0.5) is 0 Å². The van der Waals surface area contributed by atoms with Crippen LogP contribution in [-0.4, -0.2) is 20.1 Å². The van der Waals surface area contributed by atoms with E-state index in [1.165, 1.54) is 12.1 Å². The topological polar surface area (TPSA) is 90.2 Å². The van der Waals surface area contributed by atoms with Gasteiger partial charge in [0, 0.05) is 6.54 Å². The lowest BCUT2D eigenvalue weighted by molar-refractivity contribution is 0.446. The standard InChI is InChI=1S/C22H26N2O3S/c1-22(2,3)20-15-18(11-12-21(20)25)14-19(16-23)28(26,27)24-13-7-10-17-8-5-4-6-9-17/h4-6,8-9,11-12,14-15,24-25H,7,10,13H2,1-3H3/b19-14-. The molecule has 0 spiro atoms. The third kappa shape index (κ3) is 5.95. The molecule has 2 aromatic carbocycles. The van der Waals surface area contributed by atoms with E-state index in [0.29, 0.717) is 17.5 Å². The van der Waals surface area contributed by atoms with Crippen LogP contribution in [0.25, 0.3) is 6.08 Å². The van der Waals surface area contributed by atoms with Crippen LogP contribution in [0, 0.1) is 11.3 Å². The molecule has 2 rings (SSSR count). The maximum absolute atomic E-state index is 12.5. The molecule has 5 nitrogen and oxygen atoms in total. The van der Waals surface area contributed by atoms with Gasteiger partial charge in [-0.1, -0.05) is 57.2 Å². The Hall–Kier alpha value is -2.62. The number of sulfonamides is 1. The molecule has 0 unspecified atom stereocenters. The van der Waals surface area contributed by atoms with E-state index in [1.54, 1.807) is 18.2 Å². The highest BCUT2D eigenvalue weighted by Gasteiger charge is 2.20. The number of nitrogens with one attached hydrogen (secondary N) is 1. The van der Waals surface area contributed by atoms with Gasteiger partial charge in [-0.2, -0.15) is 5.26 Å². The molecular formula is C22H26N2O3S. The second-order valence-electron chi connectivity index (χ2n) is 7.63. The molecule has 0 bridgehead atoms. The van der Waals surface area contributed by atoms with Gasteiger partial charge < -0.3 is 5.11 Å². The Morgan fingerprint density at radius 3 is 2.46 bits per heavy atom. The summed E-state index contributed by atoms with van der Waals surface area (Å²) in [4.78, 5) is -0.349. The number of nitriles is 1. The maximum Gasteiger partial charge on any atom is 0.250 e. The lowest BCUT2D eigenvalue weighted by atomic mass is 9.85. The number of benzene rings is 2. The van der Waals surface area contributed by atoms with E-state index in [9.17, 15) is 18.8 Å². The molecule has 0 aromatic heterocycles. The van der Waals surface area contributed by atoms with Crippen molar-refractivity contribution in [3.63, 3.8) is 0 Å². The minimum Gasteiger partial charge on any atom is -0.508 e. The Kier molecular flexibility index (Phi) is 7.00. The van der Waals surface area contributed by atoms with Crippen molar-refractivity contribution >= 4 is 16.1 Å². The van der Waals surface area contributed by atoms with Gasteiger partial charge in [0.15, 0.2) is 4.91 Å². The fourth-order valence-electron chi connectivity index (χ4n) is 2.79. The summed E-state index contributed by atoms with van der Waals surface area (Å²) in [5, 5.41) is 19.4. The SMILES string of the molecule is CC(C)(C)c1cc(/C=C(/C#N)S(=O)(=O)NCCCc2ccccc2)ccc1O. The van der Waals surface area contributed by atoms with Crippen molar-refractivity contribution in [1.82, 2.24) is 4.72 Å². The third-order valence-electron chi connectivity index (χ3n) is 4.30. The molecule has 0 atom stereocenters. The largest absolute Gasteiger partial charge is 0.508 e. The van der Waals surface area contributed by atoms with Crippen LogP contribution < -0.4 is 4.72 Å². The first-order valence-electron chi connectivity index (χ1n) is 9.12.